The van der Waals surface area contributed by atoms with E-state index in [-0.39, 0.29) is 36.8 Å². The Morgan fingerprint density at radius 1 is 1.16 bits per heavy atom. The van der Waals surface area contributed by atoms with Gasteiger partial charge in [-0.1, -0.05) is 0 Å². The van der Waals surface area contributed by atoms with Gasteiger partial charge in [0, 0.05) is 27.5 Å². The maximum absolute atomic E-state index is 11.6. The molecule has 0 rings (SSSR count). The molecule has 0 amide bonds. The number of sulfone groups is 1. The average molecular weight is 329 g/mol. The molecule has 0 aromatic heterocycles. The zero-order valence-corrected chi connectivity index (χ0v) is 13.2. The van der Waals surface area contributed by atoms with E-state index in [2.05, 4.69) is 0 Å². The Morgan fingerprint density at radius 3 is 1.95 bits per heavy atom. The Labute approximate surface area is 125 Å². The first-order valence-corrected chi connectivity index (χ1v) is 10.3. The molecule has 110 valence electrons. The van der Waals surface area contributed by atoms with Gasteiger partial charge in [-0.3, -0.25) is 4.78 Å². The second-order valence-electron chi connectivity index (χ2n) is 3.96. The van der Waals surface area contributed by atoms with Crippen molar-refractivity contribution in [2.24, 2.45) is 0 Å². The molecule has 0 fully saturated rings. The number of aliphatic hydroxyl groups is 1. The van der Waals surface area contributed by atoms with Crippen molar-refractivity contribution in [3.8, 4) is 0 Å². The third-order valence-electron chi connectivity index (χ3n) is 2.06. The molecular formula is C7H16LiNO7S3. The molecule has 0 radical (unpaired) electrons. The van der Waals surface area contributed by atoms with Gasteiger partial charge >= 0.3 is 18.9 Å². The summed E-state index contributed by atoms with van der Waals surface area (Å²) in [6.45, 7) is -1.01. The normalized spacial score (nSPS) is 17.2. The van der Waals surface area contributed by atoms with Gasteiger partial charge in [-0.15, -0.1) is 0 Å². The molecule has 0 aliphatic rings. The Hall–Kier alpha value is 0.367. The van der Waals surface area contributed by atoms with Gasteiger partial charge in [0.05, 0.1) is 17.6 Å². The van der Waals surface area contributed by atoms with Crippen molar-refractivity contribution < 1.29 is 49.6 Å². The standard InChI is InChI=1S/C7H17NO7S3.Li/c1-16(10,11)3-2-4-17(8,12)6-7(5-9)18(13,14)15;/h7-9H,2-6H2,1H3,(H,13,14,15);/q;+1/p-1. The molecule has 0 spiro atoms. The van der Waals surface area contributed by atoms with Gasteiger partial charge in [-0.25, -0.2) is 21.0 Å². The van der Waals surface area contributed by atoms with Crippen LogP contribution in [0.3, 0.4) is 0 Å². The molecule has 8 nitrogen and oxygen atoms in total. The van der Waals surface area contributed by atoms with Crippen LogP contribution in [0.15, 0.2) is 0 Å². The molecule has 2 N–H and O–H groups in total. The molecule has 2 unspecified atom stereocenters. The second kappa shape index (κ2) is 7.97. The maximum Gasteiger partial charge on any atom is 1.00 e. The summed E-state index contributed by atoms with van der Waals surface area (Å²) in [4.78, 5) is 0. The third-order valence-corrected chi connectivity index (χ3v) is 6.32. The number of hydrogen-bond acceptors (Lipinski definition) is 8. The minimum absolute atomic E-state index is 0. The van der Waals surface area contributed by atoms with Crippen LogP contribution in [0, 0.1) is 4.78 Å². The molecule has 0 aromatic carbocycles. The maximum atomic E-state index is 11.6. The van der Waals surface area contributed by atoms with Gasteiger partial charge in [0.15, 0.2) is 0 Å². The van der Waals surface area contributed by atoms with E-state index in [9.17, 15) is 25.6 Å². The molecule has 2 atom stereocenters. The summed E-state index contributed by atoms with van der Waals surface area (Å²) in [5.41, 5.74) is 0. The summed E-state index contributed by atoms with van der Waals surface area (Å²) in [6.07, 6.45) is 0.926. The fraction of sp³-hybridized carbons (Fsp3) is 1.00. The third kappa shape index (κ3) is 10.8. The van der Waals surface area contributed by atoms with Crippen molar-refractivity contribution in [3.05, 3.63) is 0 Å². The summed E-state index contributed by atoms with van der Waals surface area (Å²) in [5, 5.41) is 6.90. The van der Waals surface area contributed by atoms with Crippen molar-refractivity contribution in [3.63, 3.8) is 0 Å². The molecule has 0 aliphatic carbocycles. The Bertz CT molecular complexity index is 566. The molecule has 0 heterocycles. The predicted octanol–water partition coefficient (Wildman–Crippen LogP) is -4.62. The van der Waals surface area contributed by atoms with Crippen LogP contribution in [0.5, 0.6) is 0 Å². The van der Waals surface area contributed by atoms with Gasteiger partial charge in [-0.05, 0) is 6.42 Å². The minimum atomic E-state index is -4.82. The van der Waals surface area contributed by atoms with Gasteiger partial charge < -0.3 is 9.66 Å². The Morgan fingerprint density at radius 2 is 1.63 bits per heavy atom. The fourth-order valence-electron chi connectivity index (χ4n) is 1.17. The predicted molar refractivity (Wildman–Crippen MR) is 65.5 cm³/mol. The monoisotopic (exact) mass is 329 g/mol. The molecule has 0 saturated heterocycles. The van der Waals surface area contributed by atoms with Gasteiger partial charge in [0.2, 0.25) is 0 Å². The number of hydrogen-bond donors (Lipinski definition) is 2. The van der Waals surface area contributed by atoms with Crippen LogP contribution < -0.4 is 18.9 Å². The van der Waals surface area contributed by atoms with Crippen molar-refractivity contribution in [2.45, 2.75) is 11.7 Å². The topological polar surface area (TPSA) is 152 Å². The SMILES string of the molecule is CS(=O)(=O)CCCS(=N)(=O)CC(CO)S(=O)(=O)[O-].[Li+]. The summed E-state index contributed by atoms with van der Waals surface area (Å²) in [5.74, 6) is -1.37. The largest absolute Gasteiger partial charge is 1.00 e. The van der Waals surface area contributed by atoms with E-state index in [1.807, 2.05) is 0 Å². The summed E-state index contributed by atoms with van der Waals surface area (Å²) in [6, 6.07) is 0. The van der Waals surface area contributed by atoms with E-state index in [1.54, 1.807) is 0 Å². The van der Waals surface area contributed by atoms with Crippen molar-refractivity contribution >= 4 is 29.7 Å². The molecular weight excluding hydrogens is 313 g/mol. The van der Waals surface area contributed by atoms with Gasteiger partial charge in [0.25, 0.3) is 0 Å². The van der Waals surface area contributed by atoms with Crippen LogP contribution in [0.25, 0.3) is 0 Å². The summed E-state index contributed by atoms with van der Waals surface area (Å²) < 4.78 is 72.6. The number of aliphatic hydroxyl groups excluding tert-OH is 1. The fourth-order valence-corrected chi connectivity index (χ4v) is 5.01. The van der Waals surface area contributed by atoms with Crippen molar-refractivity contribution in [1.29, 1.82) is 4.78 Å². The first-order valence-electron chi connectivity index (χ1n) is 4.85. The van der Waals surface area contributed by atoms with E-state index in [0.717, 1.165) is 6.26 Å². The van der Waals surface area contributed by atoms with Gasteiger partial charge in [-0.2, -0.15) is 0 Å². The average Bonchev–Trinajstić information content (AvgIpc) is 2.09. The molecule has 12 heteroatoms. The van der Waals surface area contributed by atoms with E-state index in [4.69, 9.17) is 9.89 Å². The van der Waals surface area contributed by atoms with E-state index in [1.165, 1.54) is 0 Å². The zero-order valence-electron chi connectivity index (χ0n) is 10.7. The summed E-state index contributed by atoms with van der Waals surface area (Å²) >= 11 is 0. The van der Waals surface area contributed by atoms with Crippen LogP contribution in [-0.4, -0.2) is 66.1 Å². The van der Waals surface area contributed by atoms with Crippen molar-refractivity contribution in [2.75, 3.05) is 30.1 Å². The summed E-state index contributed by atoms with van der Waals surface area (Å²) in [7, 11) is -11.5. The van der Waals surface area contributed by atoms with Crippen LogP contribution >= 0.6 is 0 Å². The Balaban J connectivity index is 0. The molecule has 0 saturated carbocycles. The van der Waals surface area contributed by atoms with Crippen LogP contribution in [-0.2, 0) is 29.7 Å². The molecule has 0 aromatic rings. The molecule has 19 heavy (non-hydrogen) atoms. The first kappa shape index (κ1) is 21.7. The Kier molecular flexibility index (Phi) is 9.09. The molecule has 0 aliphatic heterocycles. The van der Waals surface area contributed by atoms with E-state index < -0.39 is 47.3 Å². The van der Waals surface area contributed by atoms with Gasteiger partial charge in [0.1, 0.15) is 20.0 Å². The van der Waals surface area contributed by atoms with E-state index in [0.29, 0.717) is 0 Å². The smallest absolute Gasteiger partial charge is 0.748 e. The van der Waals surface area contributed by atoms with Crippen LogP contribution in [0.4, 0.5) is 0 Å². The van der Waals surface area contributed by atoms with Crippen molar-refractivity contribution in [1.82, 2.24) is 0 Å². The molecule has 0 bridgehead atoms. The second-order valence-corrected chi connectivity index (χ2v) is 10.2. The number of nitrogens with one attached hydrogen (secondary N) is 1. The number of rotatable bonds is 8. The van der Waals surface area contributed by atoms with Crippen LogP contribution in [0.2, 0.25) is 0 Å². The minimum Gasteiger partial charge on any atom is -0.748 e. The van der Waals surface area contributed by atoms with Crippen LogP contribution in [0.1, 0.15) is 6.42 Å². The quantitative estimate of drug-likeness (QED) is 0.335. The zero-order chi connectivity index (χ0) is 14.6. The first-order chi connectivity index (χ1) is 7.87. The van der Waals surface area contributed by atoms with E-state index >= 15 is 0 Å².